The number of aliphatic imine (C=N–C) groups is 1. The van der Waals surface area contributed by atoms with Crippen LogP contribution in [-0.2, 0) is 16.0 Å². The molecule has 1 saturated heterocycles. The van der Waals surface area contributed by atoms with Gasteiger partial charge in [0, 0.05) is 38.2 Å². The molecule has 0 aromatic heterocycles. The van der Waals surface area contributed by atoms with Crippen LogP contribution in [0.25, 0.3) is 5.57 Å². The average molecular weight is 464 g/mol. The van der Waals surface area contributed by atoms with Crippen LogP contribution in [0.1, 0.15) is 37.3 Å². The maximum atomic E-state index is 13.2. The van der Waals surface area contributed by atoms with Crippen molar-refractivity contribution in [3.8, 4) is 0 Å². The summed E-state index contributed by atoms with van der Waals surface area (Å²) in [5, 5.41) is 17.0. The maximum Gasteiger partial charge on any atom is 0.240 e. The second-order valence-electron chi connectivity index (χ2n) is 9.13. The second kappa shape index (κ2) is 9.80. The van der Waals surface area contributed by atoms with Gasteiger partial charge >= 0.3 is 0 Å². The summed E-state index contributed by atoms with van der Waals surface area (Å²) >= 11 is 0. The predicted octanol–water partition coefficient (Wildman–Crippen LogP) is 1.33. The molecule has 0 bridgehead atoms. The number of rotatable bonds is 8. The van der Waals surface area contributed by atoms with Gasteiger partial charge < -0.3 is 27.1 Å². The van der Waals surface area contributed by atoms with Gasteiger partial charge in [-0.1, -0.05) is 24.3 Å². The summed E-state index contributed by atoms with van der Waals surface area (Å²) in [6.07, 6.45) is 7.16. The highest BCUT2D eigenvalue weighted by Gasteiger charge is 2.55. The zero-order valence-electron chi connectivity index (χ0n) is 19.7. The van der Waals surface area contributed by atoms with Crippen LogP contribution in [0, 0.1) is 16.7 Å². The Morgan fingerprint density at radius 1 is 1.41 bits per heavy atom. The zero-order valence-corrected chi connectivity index (χ0v) is 19.7. The molecule has 1 saturated carbocycles. The lowest BCUT2D eigenvalue weighted by Gasteiger charge is -2.28. The quantitative estimate of drug-likeness (QED) is 0.371. The molecule has 2 aliphatic heterocycles. The Morgan fingerprint density at radius 2 is 2.21 bits per heavy atom. The Kier molecular flexibility index (Phi) is 6.83. The van der Waals surface area contributed by atoms with E-state index in [1.807, 2.05) is 50.5 Å². The fraction of sp³-hybridized carbons (Fsp3) is 0.440. The molecule has 1 aromatic rings. The minimum atomic E-state index is -0.691. The van der Waals surface area contributed by atoms with Crippen LogP contribution in [0.3, 0.4) is 0 Å². The van der Waals surface area contributed by atoms with Crippen molar-refractivity contribution in [1.82, 2.24) is 20.9 Å². The third kappa shape index (κ3) is 4.75. The Bertz CT molecular complexity index is 1070. The molecule has 180 valence electrons. The number of nitrogens with two attached hydrogens (primary N) is 1. The fourth-order valence-electron chi connectivity index (χ4n) is 4.78. The van der Waals surface area contributed by atoms with Crippen molar-refractivity contribution in [2.45, 2.75) is 38.9 Å². The Labute approximate surface area is 200 Å². The van der Waals surface area contributed by atoms with E-state index < -0.39 is 11.7 Å². The number of amidine groups is 1. The standard InChI is InChI=1S/C25H33N7O2/c1-16-10-21(32-9-8-25(15-27,23(32)34)20-6-7-20)30-24(29-16)31-22(33)12-17-4-3-5-18(11-17)19(13-26)14-28-2/h3-5,10-11,14-15,20,24,27-29H,6-9,12-13,26H2,1-2H3,(H,31,33)/b19-14+,27-15?. The smallest absolute Gasteiger partial charge is 0.240 e. The number of nitrogens with one attached hydrogen (secondary N) is 4. The van der Waals surface area contributed by atoms with E-state index in [-0.39, 0.29) is 24.2 Å². The highest BCUT2D eigenvalue weighted by molar-refractivity contribution is 6.12. The van der Waals surface area contributed by atoms with E-state index >= 15 is 0 Å². The van der Waals surface area contributed by atoms with Crippen molar-refractivity contribution < 1.29 is 9.59 Å². The van der Waals surface area contributed by atoms with Crippen LogP contribution < -0.4 is 21.7 Å². The van der Waals surface area contributed by atoms with Crippen LogP contribution in [0.15, 0.2) is 47.2 Å². The van der Waals surface area contributed by atoms with Crippen molar-refractivity contribution >= 4 is 29.4 Å². The predicted molar refractivity (Wildman–Crippen MR) is 133 cm³/mol. The van der Waals surface area contributed by atoms with E-state index in [2.05, 4.69) is 20.9 Å². The summed E-state index contributed by atoms with van der Waals surface area (Å²) in [5.74, 6) is 0.562. The molecule has 0 spiro atoms. The molecule has 2 heterocycles. The Morgan fingerprint density at radius 3 is 2.88 bits per heavy atom. The lowest BCUT2D eigenvalue weighted by Crippen LogP contribution is -2.49. The molecular formula is C25H33N7O2. The molecule has 9 nitrogen and oxygen atoms in total. The first kappa shape index (κ1) is 23.7. The van der Waals surface area contributed by atoms with E-state index in [4.69, 9.17) is 11.1 Å². The number of carbonyl (C=O) groups is 2. The van der Waals surface area contributed by atoms with Crippen molar-refractivity contribution in [1.29, 1.82) is 5.41 Å². The van der Waals surface area contributed by atoms with E-state index in [0.29, 0.717) is 25.3 Å². The topological polar surface area (TPSA) is 136 Å². The number of amides is 2. The van der Waals surface area contributed by atoms with E-state index in [0.717, 1.165) is 35.2 Å². The van der Waals surface area contributed by atoms with Crippen molar-refractivity contribution in [2.75, 3.05) is 20.1 Å². The van der Waals surface area contributed by atoms with Crippen molar-refractivity contribution in [3.05, 3.63) is 53.4 Å². The third-order valence-electron chi connectivity index (χ3n) is 6.70. The van der Waals surface area contributed by atoms with E-state index in [9.17, 15) is 9.59 Å². The number of hydrogen-bond acceptors (Lipinski definition) is 7. The van der Waals surface area contributed by atoms with Crippen LogP contribution >= 0.6 is 0 Å². The normalized spacial score (nSPS) is 24.8. The van der Waals surface area contributed by atoms with E-state index in [1.54, 1.807) is 4.90 Å². The maximum absolute atomic E-state index is 13.2. The summed E-state index contributed by atoms with van der Waals surface area (Å²) < 4.78 is 0. The monoisotopic (exact) mass is 463 g/mol. The molecule has 6 N–H and O–H groups in total. The molecule has 2 atom stereocenters. The van der Waals surface area contributed by atoms with Gasteiger partial charge in [0.2, 0.25) is 11.8 Å². The lowest BCUT2D eigenvalue weighted by molar-refractivity contribution is -0.130. The van der Waals surface area contributed by atoms with Gasteiger partial charge in [0.15, 0.2) is 6.29 Å². The SMILES string of the molecule is CN/C=C(\CN)c1cccc(CC(=O)NC2N=C(N3CCC(C=N)(C4CC4)C3=O)C=C(C)N2)c1. The molecule has 1 aliphatic carbocycles. The molecular weight excluding hydrogens is 430 g/mol. The van der Waals surface area contributed by atoms with Crippen molar-refractivity contribution in [3.63, 3.8) is 0 Å². The molecule has 4 rings (SSSR count). The van der Waals surface area contributed by atoms with Crippen LogP contribution in [-0.4, -0.2) is 55.2 Å². The van der Waals surface area contributed by atoms with Gasteiger partial charge in [-0.25, -0.2) is 4.99 Å². The minimum Gasteiger partial charge on any atom is -0.394 e. The van der Waals surface area contributed by atoms with Gasteiger partial charge in [0.1, 0.15) is 5.84 Å². The first-order valence-electron chi connectivity index (χ1n) is 11.7. The minimum absolute atomic E-state index is 0.0538. The van der Waals surface area contributed by atoms with Crippen LogP contribution in [0.4, 0.5) is 0 Å². The van der Waals surface area contributed by atoms with Gasteiger partial charge in [-0.15, -0.1) is 0 Å². The summed E-state index contributed by atoms with van der Waals surface area (Å²) in [4.78, 5) is 32.3. The number of likely N-dealkylation sites (tertiary alicyclic amines) is 1. The molecule has 1 aromatic carbocycles. The Hall–Kier alpha value is -3.46. The first-order chi connectivity index (χ1) is 16.4. The molecule has 2 fully saturated rings. The summed E-state index contributed by atoms with van der Waals surface area (Å²) in [7, 11) is 1.82. The second-order valence-corrected chi connectivity index (χ2v) is 9.13. The van der Waals surface area contributed by atoms with E-state index in [1.165, 1.54) is 6.21 Å². The van der Waals surface area contributed by atoms with Gasteiger partial charge in [-0.3, -0.25) is 14.5 Å². The van der Waals surface area contributed by atoms with Crippen molar-refractivity contribution in [2.24, 2.45) is 22.1 Å². The van der Waals surface area contributed by atoms with Crippen LogP contribution in [0.5, 0.6) is 0 Å². The molecule has 2 amide bonds. The molecule has 2 unspecified atom stereocenters. The molecule has 34 heavy (non-hydrogen) atoms. The molecule has 9 heteroatoms. The summed E-state index contributed by atoms with van der Waals surface area (Å²) in [6.45, 7) is 2.80. The summed E-state index contributed by atoms with van der Waals surface area (Å²) in [5.41, 5.74) is 8.76. The number of allylic oxidation sites excluding steroid dienone is 1. The largest absolute Gasteiger partial charge is 0.394 e. The summed E-state index contributed by atoms with van der Waals surface area (Å²) in [6, 6.07) is 7.74. The zero-order chi connectivity index (χ0) is 24.3. The Balaban J connectivity index is 1.44. The average Bonchev–Trinajstić information content (AvgIpc) is 3.61. The number of benzene rings is 1. The third-order valence-corrected chi connectivity index (χ3v) is 6.70. The molecule has 0 radical (unpaired) electrons. The van der Waals surface area contributed by atoms with Gasteiger partial charge in [0.05, 0.1) is 11.8 Å². The number of nitrogens with zero attached hydrogens (tertiary/aromatic N) is 2. The highest BCUT2D eigenvalue weighted by Crippen LogP contribution is 2.50. The first-order valence-corrected chi connectivity index (χ1v) is 11.7. The molecule has 3 aliphatic rings. The fourth-order valence-corrected chi connectivity index (χ4v) is 4.78. The van der Waals surface area contributed by atoms with Gasteiger partial charge in [-0.2, -0.15) is 0 Å². The number of hydrogen-bond donors (Lipinski definition) is 5. The lowest BCUT2D eigenvalue weighted by atomic mass is 9.82. The number of carbonyl (C=O) groups excluding carboxylic acids is 2. The van der Waals surface area contributed by atoms with Gasteiger partial charge in [-0.05, 0) is 54.9 Å². The highest BCUT2D eigenvalue weighted by atomic mass is 16.2. The van der Waals surface area contributed by atoms with Crippen LogP contribution in [0.2, 0.25) is 0 Å². The van der Waals surface area contributed by atoms with Gasteiger partial charge in [0.25, 0.3) is 0 Å².